The Kier molecular flexibility index (Phi) is 7.01. The molecule has 1 amide bonds. The van der Waals surface area contributed by atoms with Crippen LogP contribution in [0.5, 0.6) is 0 Å². The van der Waals surface area contributed by atoms with Crippen LogP contribution >= 0.6 is 0 Å². The van der Waals surface area contributed by atoms with Crippen molar-refractivity contribution in [2.75, 3.05) is 5.32 Å². The van der Waals surface area contributed by atoms with Gasteiger partial charge in [-0.15, -0.1) is 0 Å². The molecule has 1 aromatic carbocycles. The van der Waals surface area contributed by atoms with Crippen LogP contribution in [-0.4, -0.2) is 17.6 Å². The summed E-state index contributed by atoms with van der Waals surface area (Å²) < 4.78 is 13.7. The van der Waals surface area contributed by atoms with Crippen LogP contribution < -0.4 is 10.8 Å². The Labute approximate surface area is 138 Å². The van der Waals surface area contributed by atoms with Crippen molar-refractivity contribution in [1.29, 1.82) is 0 Å². The first-order chi connectivity index (χ1) is 10.6. The lowest BCUT2D eigenvalue weighted by Crippen LogP contribution is -2.43. The van der Waals surface area contributed by atoms with Gasteiger partial charge in [0.05, 0.1) is 5.60 Å². The average Bonchev–Trinajstić information content (AvgIpc) is 2.45. The number of anilines is 1. The van der Waals surface area contributed by atoms with Crippen molar-refractivity contribution in [2.45, 2.75) is 72.4 Å². The highest BCUT2D eigenvalue weighted by Crippen LogP contribution is 2.20. The van der Waals surface area contributed by atoms with E-state index in [-0.39, 0.29) is 11.7 Å². The maximum atomic E-state index is 13.7. The van der Waals surface area contributed by atoms with Crippen LogP contribution in [0.1, 0.15) is 58.1 Å². The number of amides is 1. The zero-order valence-electron chi connectivity index (χ0n) is 15.0. The molecule has 23 heavy (non-hydrogen) atoms. The van der Waals surface area contributed by atoms with Crippen LogP contribution in [0.2, 0.25) is 0 Å². The fraction of sp³-hybridized carbons (Fsp3) is 0.611. The summed E-state index contributed by atoms with van der Waals surface area (Å²) in [5.41, 5.74) is 3.94. The zero-order chi connectivity index (χ0) is 17.6. The summed E-state index contributed by atoms with van der Waals surface area (Å²) in [5.74, 6) is -0.422. The van der Waals surface area contributed by atoms with Crippen molar-refractivity contribution >= 4 is 11.6 Å². The van der Waals surface area contributed by atoms with Crippen LogP contribution in [-0.2, 0) is 9.63 Å². The molecule has 1 rings (SSSR count). The molecule has 0 unspecified atom stereocenters. The Morgan fingerprint density at radius 3 is 2.30 bits per heavy atom. The first-order valence-corrected chi connectivity index (χ1v) is 8.15. The highest BCUT2D eigenvalue weighted by Gasteiger charge is 2.21. The third-order valence-corrected chi connectivity index (χ3v) is 3.40. The maximum Gasteiger partial charge on any atom is 0.266 e. The maximum absolute atomic E-state index is 13.7. The molecule has 2 N–H and O–H groups in total. The van der Waals surface area contributed by atoms with Crippen molar-refractivity contribution < 1.29 is 14.0 Å². The number of hydrogen-bond acceptors (Lipinski definition) is 3. The smallest absolute Gasteiger partial charge is 0.266 e. The molecule has 0 radical (unpaired) electrons. The summed E-state index contributed by atoms with van der Waals surface area (Å²) in [6, 6.07) is 3.03. The van der Waals surface area contributed by atoms with E-state index in [4.69, 9.17) is 4.84 Å². The standard InChI is InChI=1S/C18H29FN2O2/c1-7-8-9-15(17(22)21-23-18(4,5)6)20-14-10-12(2)16(19)13(3)11-14/h10-11,15,20H,7-9H2,1-6H3,(H,21,22)/t15-/m1/s1. The van der Waals surface area contributed by atoms with Crippen LogP contribution in [0.3, 0.4) is 0 Å². The average molecular weight is 324 g/mol. The van der Waals surface area contributed by atoms with E-state index in [2.05, 4.69) is 17.7 Å². The highest BCUT2D eigenvalue weighted by molar-refractivity contribution is 5.83. The third-order valence-electron chi connectivity index (χ3n) is 3.40. The van der Waals surface area contributed by atoms with E-state index >= 15 is 0 Å². The molecule has 0 aliphatic carbocycles. The van der Waals surface area contributed by atoms with Gasteiger partial charge in [-0.2, -0.15) is 0 Å². The number of halogens is 1. The Bertz CT molecular complexity index is 515. The molecule has 0 fully saturated rings. The molecule has 0 saturated heterocycles. The Morgan fingerprint density at radius 2 is 1.83 bits per heavy atom. The predicted octanol–water partition coefficient (Wildman–Crippen LogP) is 4.26. The number of hydrogen-bond donors (Lipinski definition) is 2. The van der Waals surface area contributed by atoms with E-state index in [9.17, 15) is 9.18 Å². The largest absolute Gasteiger partial charge is 0.374 e. The first kappa shape index (κ1) is 19.4. The topological polar surface area (TPSA) is 50.4 Å². The van der Waals surface area contributed by atoms with Gasteiger partial charge in [0.15, 0.2) is 0 Å². The van der Waals surface area contributed by atoms with Crippen molar-refractivity contribution in [1.82, 2.24) is 5.48 Å². The monoisotopic (exact) mass is 324 g/mol. The second-order valence-corrected chi connectivity index (χ2v) is 6.94. The number of nitrogens with one attached hydrogen (secondary N) is 2. The number of unbranched alkanes of at least 4 members (excludes halogenated alkanes) is 1. The Morgan fingerprint density at radius 1 is 1.26 bits per heavy atom. The van der Waals surface area contributed by atoms with E-state index in [1.807, 2.05) is 20.8 Å². The molecule has 0 aliphatic heterocycles. The molecule has 1 atom stereocenters. The molecule has 4 nitrogen and oxygen atoms in total. The summed E-state index contributed by atoms with van der Waals surface area (Å²) >= 11 is 0. The molecule has 0 aromatic heterocycles. The van der Waals surface area contributed by atoms with Crippen LogP contribution in [0.15, 0.2) is 12.1 Å². The molecule has 0 bridgehead atoms. The summed E-state index contributed by atoms with van der Waals surface area (Å²) in [4.78, 5) is 17.7. The second-order valence-electron chi connectivity index (χ2n) is 6.94. The van der Waals surface area contributed by atoms with Crippen LogP contribution in [0.25, 0.3) is 0 Å². The van der Waals surface area contributed by atoms with Crippen molar-refractivity contribution in [3.8, 4) is 0 Å². The number of rotatable bonds is 7. The van der Waals surface area contributed by atoms with Gasteiger partial charge in [0.2, 0.25) is 0 Å². The minimum Gasteiger partial charge on any atom is -0.374 e. The lowest BCUT2D eigenvalue weighted by molar-refractivity contribution is -0.146. The molecule has 130 valence electrons. The number of hydroxylamine groups is 1. The predicted molar refractivity (Wildman–Crippen MR) is 91.8 cm³/mol. The van der Waals surface area contributed by atoms with Crippen LogP contribution in [0, 0.1) is 19.7 Å². The number of aryl methyl sites for hydroxylation is 2. The van der Waals surface area contributed by atoms with Gasteiger partial charge in [0.25, 0.3) is 5.91 Å². The first-order valence-electron chi connectivity index (χ1n) is 8.15. The van der Waals surface area contributed by atoms with E-state index in [0.717, 1.165) is 18.5 Å². The van der Waals surface area contributed by atoms with Gasteiger partial charge in [-0.05, 0) is 64.3 Å². The molecule has 1 aromatic rings. The SMILES string of the molecule is CCCC[C@@H](Nc1cc(C)c(F)c(C)c1)C(=O)NOC(C)(C)C. The van der Waals surface area contributed by atoms with Gasteiger partial charge in [0.1, 0.15) is 11.9 Å². The van der Waals surface area contributed by atoms with E-state index in [0.29, 0.717) is 17.5 Å². The van der Waals surface area contributed by atoms with E-state index in [1.54, 1.807) is 26.0 Å². The zero-order valence-corrected chi connectivity index (χ0v) is 15.0. The lowest BCUT2D eigenvalue weighted by Gasteiger charge is -2.24. The van der Waals surface area contributed by atoms with Gasteiger partial charge in [0, 0.05) is 5.69 Å². The van der Waals surface area contributed by atoms with Gasteiger partial charge >= 0.3 is 0 Å². The molecule has 0 spiro atoms. The quantitative estimate of drug-likeness (QED) is 0.737. The number of carbonyl (C=O) groups excluding carboxylic acids is 1. The van der Waals surface area contributed by atoms with E-state index in [1.165, 1.54) is 0 Å². The fourth-order valence-electron chi connectivity index (χ4n) is 2.18. The Balaban J connectivity index is 2.83. The summed E-state index contributed by atoms with van der Waals surface area (Å²) in [6.45, 7) is 11.1. The fourth-order valence-corrected chi connectivity index (χ4v) is 2.18. The second kappa shape index (κ2) is 8.29. The number of carbonyl (C=O) groups is 1. The minimum atomic E-state index is -0.450. The normalized spacial score (nSPS) is 12.8. The molecule has 5 heteroatoms. The van der Waals surface area contributed by atoms with Crippen molar-refractivity contribution in [2.24, 2.45) is 0 Å². The van der Waals surface area contributed by atoms with E-state index < -0.39 is 11.6 Å². The molecular formula is C18H29FN2O2. The van der Waals surface area contributed by atoms with Gasteiger partial charge in [-0.3, -0.25) is 9.63 Å². The van der Waals surface area contributed by atoms with Crippen molar-refractivity contribution in [3.05, 3.63) is 29.1 Å². The highest BCUT2D eigenvalue weighted by atomic mass is 19.1. The van der Waals surface area contributed by atoms with Crippen LogP contribution in [0.4, 0.5) is 10.1 Å². The number of benzene rings is 1. The van der Waals surface area contributed by atoms with Gasteiger partial charge in [-0.1, -0.05) is 19.8 Å². The Hall–Kier alpha value is -1.62. The summed E-state index contributed by atoms with van der Waals surface area (Å²) in [6.07, 6.45) is 2.60. The molecule has 0 aliphatic rings. The summed E-state index contributed by atoms with van der Waals surface area (Å²) in [7, 11) is 0. The molecule has 0 heterocycles. The summed E-state index contributed by atoms with van der Waals surface area (Å²) in [5, 5.41) is 3.20. The van der Waals surface area contributed by atoms with Crippen molar-refractivity contribution in [3.63, 3.8) is 0 Å². The molecule has 0 saturated carbocycles. The lowest BCUT2D eigenvalue weighted by atomic mass is 10.1. The third kappa shape index (κ3) is 6.57. The van der Waals surface area contributed by atoms with Gasteiger partial charge < -0.3 is 5.32 Å². The molecular weight excluding hydrogens is 295 g/mol. The minimum absolute atomic E-state index is 0.207. The van der Waals surface area contributed by atoms with Gasteiger partial charge in [-0.25, -0.2) is 9.87 Å².